The van der Waals surface area contributed by atoms with Gasteiger partial charge in [0, 0.05) is 5.69 Å². The van der Waals surface area contributed by atoms with Crippen LogP contribution in [-0.2, 0) is 4.79 Å². The highest BCUT2D eigenvalue weighted by molar-refractivity contribution is 6.32. The van der Waals surface area contributed by atoms with Crippen LogP contribution in [0.25, 0.3) is 0 Å². The Hall–Kier alpha value is -2.00. The molecule has 0 aromatic heterocycles. The van der Waals surface area contributed by atoms with Gasteiger partial charge in [-0.1, -0.05) is 41.9 Å². The second-order valence-corrected chi connectivity index (χ2v) is 5.27. The van der Waals surface area contributed by atoms with E-state index in [-0.39, 0.29) is 5.91 Å². The molecular formula is C16H16ClNO2. The van der Waals surface area contributed by atoms with Gasteiger partial charge in [-0.05, 0) is 38.1 Å². The number of halogens is 1. The molecule has 0 saturated carbocycles. The van der Waals surface area contributed by atoms with Crippen molar-refractivity contribution in [2.75, 3.05) is 5.32 Å². The van der Waals surface area contributed by atoms with Crippen LogP contribution >= 0.6 is 11.6 Å². The van der Waals surface area contributed by atoms with Gasteiger partial charge >= 0.3 is 0 Å². The fourth-order valence-corrected chi connectivity index (χ4v) is 1.83. The first-order valence-corrected chi connectivity index (χ1v) is 6.67. The molecule has 0 spiro atoms. The maximum atomic E-state index is 12.3. The van der Waals surface area contributed by atoms with Gasteiger partial charge in [0.2, 0.25) is 0 Å². The largest absolute Gasteiger partial charge is 0.476 e. The van der Waals surface area contributed by atoms with Crippen LogP contribution in [0.4, 0.5) is 5.69 Å². The molecule has 0 fully saturated rings. The highest BCUT2D eigenvalue weighted by Crippen LogP contribution is 2.27. The smallest absolute Gasteiger partial charge is 0.267 e. The quantitative estimate of drug-likeness (QED) is 0.919. The lowest BCUT2D eigenvalue weighted by Crippen LogP contribution is -2.42. The van der Waals surface area contributed by atoms with Gasteiger partial charge in [0.05, 0.1) is 5.02 Å². The Morgan fingerprint density at radius 3 is 2.30 bits per heavy atom. The third-order valence-corrected chi connectivity index (χ3v) is 3.09. The van der Waals surface area contributed by atoms with Gasteiger partial charge in [-0.2, -0.15) is 0 Å². The zero-order valence-corrected chi connectivity index (χ0v) is 12.1. The van der Waals surface area contributed by atoms with Gasteiger partial charge in [0.15, 0.2) is 5.60 Å². The normalized spacial score (nSPS) is 10.9. The lowest BCUT2D eigenvalue weighted by molar-refractivity contribution is -0.128. The van der Waals surface area contributed by atoms with Crippen molar-refractivity contribution in [2.45, 2.75) is 19.4 Å². The summed E-state index contributed by atoms with van der Waals surface area (Å²) in [6.07, 6.45) is 0. The molecule has 4 heteroatoms. The van der Waals surface area contributed by atoms with Gasteiger partial charge in [-0.25, -0.2) is 0 Å². The fourth-order valence-electron chi connectivity index (χ4n) is 1.65. The Bertz CT molecular complexity index is 596. The summed E-state index contributed by atoms with van der Waals surface area (Å²) in [5.41, 5.74) is -0.297. The Morgan fingerprint density at radius 2 is 1.65 bits per heavy atom. The molecule has 2 aromatic rings. The summed E-state index contributed by atoms with van der Waals surface area (Å²) in [4.78, 5) is 12.3. The molecule has 0 bridgehead atoms. The van der Waals surface area contributed by atoms with Crippen LogP contribution in [0.5, 0.6) is 5.75 Å². The van der Waals surface area contributed by atoms with Crippen molar-refractivity contribution in [3.8, 4) is 5.75 Å². The summed E-state index contributed by atoms with van der Waals surface area (Å²) in [6, 6.07) is 16.3. The van der Waals surface area contributed by atoms with Gasteiger partial charge < -0.3 is 10.1 Å². The van der Waals surface area contributed by atoms with Crippen LogP contribution in [0.3, 0.4) is 0 Å². The highest BCUT2D eigenvalue weighted by Gasteiger charge is 2.30. The molecule has 0 atom stereocenters. The Balaban J connectivity index is 2.10. The zero-order valence-electron chi connectivity index (χ0n) is 11.4. The minimum atomic E-state index is -1.03. The van der Waals surface area contributed by atoms with Crippen LogP contribution in [-0.4, -0.2) is 11.5 Å². The summed E-state index contributed by atoms with van der Waals surface area (Å²) < 4.78 is 5.72. The predicted molar refractivity (Wildman–Crippen MR) is 81.2 cm³/mol. The van der Waals surface area contributed by atoms with Crippen LogP contribution in [0.2, 0.25) is 5.02 Å². The van der Waals surface area contributed by atoms with E-state index in [9.17, 15) is 4.79 Å². The van der Waals surface area contributed by atoms with E-state index in [1.807, 2.05) is 42.5 Å². The topological polar surface area (TPSA) is 38.3 Å². The number of amides is 1. The molecule has 0 unspecified atom stereocenters. The van der Waals surface area contributed by atoms with E-state index < -0.39 is 5.60 Å². The third-order valence-electron chi connectivity index (χ3n) is 2.78. The summed E-state index contributed by atoms with van der Waals surface area (Å²) >= 11 is 6.04. The standard InChI is InChI=1S/C16H16ClNO2/c1-16(2,20-14-11-7-6-10-13(14)17)15(19)18-12-8-4-3-5-9-12/h3-11H,1-2H3,(H,18,19). The molecule has 2 rings (SSSR count). The summed E-state index contributed by atoms with van der Waals surface area (Å²) in [7, 11) is 0. The van der Waals surface area contributed by atoms with Crippen molar-refractivity contribution in [3.63, 3.8) is 0 Å². The van der Waals surface area contributed by atoms with Crippen LogP contribution < -0.4 is 10.1 Å². The van der Waals surface area contributed by atoms with Crippen molar-refractivity contribution in [3.05, 3.63) is 59.6 Å². The number of hydrogen-bond acceptors (Lipinski definition) is 2. The number of para-hydroxylation sites is 2. The molecule has 0 aliphatic heterocycles. The molecule has 3 nitrogen and oxygen atoms in total. The summed E-state index contributed by atoms with van der Waals surface area (Å²) in [5.74, 6) is 0.256. The minimum absolute atomic E-state index is 0.233. The Kier molecular flexibility index (Phi) is 4.30. The molecular weight excluding hydrogens is 274 g/mol. The van der Waals surface area contributed by atoms with Crippen molar-refractivity contribution >= 4 is 23.2 Å². The number of hydrogen-bond donors (Lipinski definition) is 1. The average Bonchev–Trinajstić information content (AvgIpc) is 2.42. The van der Waals surface area contributed by atoms with E-state index in [2.05, 4.69) is 5.32 Å². The first kappa shape index (κ1) is 14.4. The van der Waals surface area contributed by atoms with Gasteiger partial charge in [-0.15, -0.1) is 0 Å². The van der Waals surface area contributed by atoms with Crippen LogP contribution in [0.1, 0.15) is 13.8 Å². The number of anilines is 1. The molecule has 2 aromatic carbocycles. The zero-order chi connectivity index (χ0) is 14.6. The van der Waals surface area contributed by atoms with E-state index in [4.69, 9.17) is 16.3 Å². The average molecular weight is 290 g/mol. The minimum Gasteiger partial charge on any atom is -0.476 e. The van der Waals surface area contributed by atoms with Crippen molar-refractivity contribution in [2.24, 2.45) is 0 Å². The van der Waals surface area contributed by atoms with Crippen LogP contribution in [0, 0.1) is 0 Å². The first-order chi connectivity index (χ1) is 9.49. The first-order valence-electron chi connectivity index (χ1n) is 6.29. The van der Waals surface area contributed by atoms with Crippen molar-refractivity contribution in [1.82, 2.24) is 0 Å². The number of rotatable bonds is 4. The van der Waals surface area contributed by atoms with E-state index in [0.717, 1.165) is 5.69 Å². The second kappa shape index (κ2) is 5.97. The molecule has 20 heavy (non-hydrogen) atoms. The highest BCUT2D eigenvalue weighted by atomic mass is 35.5. The number of nitrogens with one attached hydrogen (secondary N) is 1. The maximum absolute atomic E-state index is 12.3. The van der Waals surface area contributed by atoms with E-state index in [0.29, 0.717) is 10.8 Å². The number of benzene rings is 2. The van der Waals surface area contributed by atoms with E-state index >= 15 is 0 Å². The van der Waals surface area contributed by atoms with Crippen molar-refractivity contribution < 1.29 is 9.53 Å². The molecule has 1 amide bonds. The SMILES string of the molecule is CC(C)(Oc1ccccc1Cl)C(=O)Nc1ccccc1. The van der Waals surface area contributed by atoms with Gasteiger partial charge in [0.1, 0.15) is 5.75 Å². The summed E-state index contributed by atoms with van der Waals surface area (Å²) in [6.45, 7) is 3.41. The molecule has 104 valence electrons. The van der Waals surface area contributed by atoms with Gasteiger partial charge in [0.25, 0.3) is 5.91 Å². The summed E-state index contributed by atoms with van der Waals surface area (Å²) in [5, 5.41) is 3.29. The fraction of sp³-hybridized carbons (Fsp3) is 0.188. The molecule has 0 aliphatic carbocycles. The number of ether oxygens (including phenoxy) is 1. The predicted octanol–water partition coefficient (Wildman–Crippen LogP) is 4.14. The third kappa shape index (κ3) is 3.52. The maximum Gasteiger partial charge on any atom is 0.267 e. The van der Waals surface area contributed by atoms with Crippen LogP contribution in [0.15, 0.2) is 54.6 Å². The molecule has 0 saturated heterocycles. The molecule has 0 aliphatic rings. The molecule has 1 N–H and O–H groups in total. The molecule has 0 radical (unpaired) electrons. The molecule has 0 heterocycles. The number of carbonyl (C=O) groups is 1. The van der Waals surface area contributed by atoms with E-state index in [1.165, 1.54) is 0 Å². The Morgan fingerprint density at radius 1 is 1.05 bits per heavy atom. The number of carbonyl (C=O) groups excluding carboxylic acids is 1. The monoisotopic (exact) mass is 289 g/mol. The second-order valence-electron chi connectivity index (χ2n) is 4.86. The lowest BCUT2D eigenvalue weighted by Gasteiger charge is -2.25. The lowest BCUT2D eigenvalue weighted by atomic mass is 10.1. The van der Waals surface area contributed by atoms with Gasteiger partial charge in [-0.3, -0.25) is 4.79 Å². The Labute approximate surface area is 123 Å². The van der Waals surface area contributed by atoms with E-state index in [1.54, 1.807) is 26.0 Å². The van der Waals surface area contributed by atoms with Crippen molar-refractivity contribution in [1.29, 1.82) is 0 Å².